The van der Waals surface area contributed by atoms with E-state index < -0.39 is 18.1 Å². The van der Waals surface area contributed by atoms with Crippen molar-refractivity contribution in [2.75, 3.05) is 39.6 Å². The van der Waals surface area contributed by atoms with E-state index in [1.807, 2.05) is 0 Å². The van der Waals surface area contributed by atoms with E-state index in [0.717, 1.165) is 0 Å². The van der Waals surface area contributed by atoms with Crippen LogP contribution >= 0.6 is 0 Å². The lowest BCUT2D eigenvalue weighted by molar-refractivity contribution is -0.221. The number of hydrogen-bond donors (Lipinski definition) is 1. The molecule has 0 aromatic rings. The zero-order valence-electron chi connectivity index (χ0n) is 12.4. The molecule has 1 unspecified atom stereocenters. The Morgan fingerprint density at radius 1 is 1.23 bits per heavy atom. The third kappa shape index (κ3) is 7.38. The summed E-state index contributed by atoms with van der Waals surface area (Å²) in [7, 11) is 0. The molecule has 0 bridgehead atoms. The molecule has 1 amide bonds. The Hall–Kier alpha value is -1.66. The first-order valence-electron chi connectivity index (χ1n) is 7.02. The van der Waals surface area contributed by atoms with Gasteiger partial charge in [-0.25, -0.2) is 4.79 Å². The summed E-state index contributed by atoms with van der Waals surface area (Å²) in [6.45, 7) is 1.94. The minimum Gasteiger partial charge on any atom is -0.378 e. The van der Waals surface area contributed by atoms with Crippen LogP contribution in [0.3, 0.4) is 0 Å². The maximum Gasteiger partial charge on any atom is 0.334 e. The molecule has 1 N–H and O–H groups in total. The average molecular weight is 315 g/mol. The molecule has 1 fully saturated rings. The van der Waals surface area contributed by atoms with Gasteiger partial charge in [-0.3, -0.25) is 4.79 Å². The Bertz CT molecular complexity index is 393. The molecule has 8 nitrogen and oxygen atoms in total. The molecule has 0 radical (unpaired) electrons. The SMILES string of the molecule is C#CCOCCOCCOCCC(=O)ON1C(=O)CCC1O. The lowest BCUT2D eigenvalue weighted by Crippen LogP contribution is -2.35. The number of aliphatic hydroxyl groups is 1. The van der Waals surface area contributed by atoms with E-state index >= 15 is 0 Å². The normalized spacial score (nSPS) is 17.5. The van der Waals surface area contributed by atoms with Crippen LogP contribution in [0.25, 0.3) is 0 Å². The molecule has 1 heterocycles. The highest BCUT2D eigenvalue weighted by atomic mass is 16.7. The molecule has 8 heteroatoms. The van der Waals surface area contributed by atoms with Crippen LogP contribution < -0.4 is 0 Å². The van der Waals surface area contributed by atoms with Crippen molar-refractivity contribution in [3.8, 4) is 12.3 Å². The molecular weight excluding hydrogens is 294 g/mol. The van der Waals surface area contributed by atoms with Gasteiger partial charge in [-0.1, -0.05) is 5.92 Å². The predicted octanol–water partition coefficient (Wildman–Crippen LogP) is -0.541. The van der Waals surface area contributed by atoms with E-state index in [0.29, 0.717) is 31.5 Å². The molecular formula is C14H21NO7. The molecule has 1 saturated heterocycles. The number of rotatable bonds is 11. The third-order valence-corrected chi connectivity index (χ3v) is 2.71. The first-order valence-corrected chi connectivity index (χ1v) is 7.02. The second-order valence-corrected chi connectivity index (χ2v) is 4.43. The third-order valence-electron chi connectivity index (χ3n) is 2.71. The monoisotopic (exact) mass is 315 g/mol. The number of carbonyl (C=O) groups excluding carboxylic acids is 2. The quantitative estimate of drug-likeness (QED) is 0.404. The number of amides is 1. The largest absolute Gasteiger partial charge is 0.378 e. The van der Waals surface area contributed by atoms with E-state index in [2.05, 4.69) is 5.92 Å². The van der Waals surface area contributed by atoms with Crippen molar-refractivity contribution in [1.29, 1.82) is 0 Å². The van der Waals surface area contributed by atoms with Crippen LogP contribution in [-0.4, -0.2) is 67.9 Å². The van der Waals surface area contributed by atoms with Crippen LogP contribution in [0.1, 0.15) is 19.3 Å². The average Bonchev–Trinajstić information content (AvgIpc) is 2.81. The summed E-state index contributed by atoms with van der Waals surface area (Å²) in [4.78, 5) is 27.5. The highest BCUT2D eigenvalue weighted by molar-refractivity contribution is 5.79. The van der Waals surface area contributed by atoms with Gasteiger partial charge in [-0.15, -0.1) is 11.5 Å². The van der Waals surface area contributed by atoms with E-state index in [4.69, 9.17) is 25.5 Å². The summed E-state index contributed by atoms with van der Waals surface area (Å²) in [5.74, 6) is 1.31. The lowest BCUT2D eigenvalue weighted by Gasteiger charge is -2.18. The Morgan fingerprint density at radius 3 is 2.45 bits per heavy atom. The van der Waals surface area contributed by atoms with Gasteiger partial charge in [0, 0.05) is 12.8 Å². The van der Waals surface area contributed by atoms with Gasteiger partial charge < -0.3 is 24.2 Å². The van der Waals surface area contributed by atoms with Crippen molar-refractivity contribution in [3.05, 3.63) is 0 Å². The number of nitrogens with zero attached hydrogens (tertiary/aromatic N) is 1. The minimum absolute atomic E-state index is 0.0121. The summed E-state index contributed by atoms with van der Waals surface area (Å²) in [6.07, 6.45) is 4.38. The van der Waals surface area contributed by atoms with Crippen molar-refractivity contribution >= 4 is 11.9 Å². The predicted molar refractivity (Wildman–Crippen MR) is 74.1 cm³/mol. The van der Waals surface area contributed by atoms with Gasteiger partial charge in [0.2, 0.25) is 0 Å². The molecule has 0 spiro atoms. The lowest BCUT2D eigenvalue weighted by atomic mass is 10.4. The molecule has 0 aliphatic carbocycles. The number of carbonyl (C=O) groups is 2. The molecule has 22 heavy (non-hydrogen) atoms. The highest BCUT2D eigenvalue weighted by Gasteiger charge is 2.32. The molecule has 124 valence electrons. The Kier molecular flexibility index (Phi) is 9.18. The van der Waals surface area contributed by atoms with Crippen LogP contribution in [-0.2, 0) is 28.6 Å². The number of terminal acetylenes is 1. The van der Waals surface area contributed by atoms with Crippen molar-refractivity contribution in [3.63, 3.8) is 0 Å². The zero-order valence-corrected chi connectivity index (χ0v) is 12.4. The first kappa shape index (κ1) is 18.4. The maximum absolute atomic E-state index is 11.5. The van der Waals surface area contributed by atoms with E-state index in [9.17, 15) is 14.7 Å². The summed E-state index contributed by atoms with van der Waals surface area (Å²) >= 11 is 0. The van der Waals surface area contributed by atoms with Gasteiger partial charge in [0.1, 0.15) is 6.61 Å². The molecule has 0 saturated carbocycles. The Labute approximate surface area is 129 Å². The minimum atomic E-state index is -1.05. The summed E-state index contributed by atoms with van der Waals surface area (Å²) in [5, 5.41) is 10.1. The van der Waals surface area contributed by atoms with Crippen molar-refractivity contribution in [2.45, 2.75) is 25.5 Å². The Morgan fingerprint density at radius 2 is 1.86 bits per heavy atom. The molecule has 1 atom stereocenters. The summed E-state index contributed by atoms with van der Waals surface area (Å²) in [6, 6.07) is 0. The van der Waals surface area contributed by atoms with E-state index in [-0.39, 0.29) is 32.5 Å². The smallest absolute Gasteiger partial charge is 0.334 e. The van der Waals surface area contributed by atoms with Gasteiger partial charge in [0.05, 0.1) is 39.5 Å². The number of hydrogen-bond acceptors (Lipinski definition) is 7. The molecule has 0 aromatic heterocycles. The fourth-order valence-corrected chi connectivity index (χ4v) is 1.64. The van der Waals surface area contributed by atoms with Gasteiger partial charge in [-0.2, -0.15) is 0 Å². The molecule has 1 rings (SSSR count). The van der Waals surface area contributed by atoms with E-state index in [1.54, 1.807) is 0 Å². The molecule has 0 aromatic carbocycles. The van der Waals surface area contributed by atoms with Gasteiger partial charge in [0.15, 0.2) is 6.23 Å². The van der Waals surface area contributed by atoms with Crippen LogP contribution in [0.5, 0.6) is 0 Å². The first-order chi connectivity index (χ1) is 10.6. The molecule has 1 aliphatic rings. The van der Waals surface area contributed by atoms with Crippen LogP contribution in [0.2, 0.25) is 0 Å². The zero-order chi connectivity index (χ0) is 16.2. The van der Waals surface area contributed by atoms with Crippen molar-refractivity contribution in [1.82, 2.24) is 5.06 Å². The van der Waals surface area contributed by atoms with E-state index in [1.165, 1.54) is 0 Å². The van der Waals surface area contributed by atoms with Crippen LogP contribution in [0, 0.1) is 12.3 Å². The fourth-order valence-electron chi connectivity index (χ4n) is 1.64. The second-order valence-electron chi connectivity index (χ2n) is 4.43. The van der Waals surface area contributed by atoms with Crippen molar-refractivity contribution < 1.29 is 33.7 Å². The summed E-state index contributed by atoms with van der Waals surface area (Å²) in [5.41, 5.74) is 0. The Balaban J connectivity index is 1.93. The van der Waals surface area contributed by atoms with Gasteiger partial charge in [0.25, 0.3) is 5.91 Å². The number of hydroxylamine groups is 2. The second kappa shape index (κ2) is 11.0. The van der Waals surface area contributed by atoms with Crippen molar-refractivity contribution in [2.24, 2.45) is 0 Å². The van der Waals surface area contributed by atoms with Crippen LogP contribution in [0.4, 0.5) is 0 Å². The maximum atomic E-state index is 11.5. The standard InChI is InChI=1S/C14H21NO7/c1-2-6-19-8-10-21-11-9-20-7-5-14(18)22-15-12(16)3-4-13(15)17/h1,12,16H,3-11H2. The highest BCUT2D eigenvalue weighted by Crippen LogP contribution is 2.16. The number of ether oxygens (including phenoxy) is 3. The van der Waals surface area contributed by atoms with Gasteiger partial charge in [-0.05, 0) is 0 Å². The fraction of sp³-hybridized carbons (Fsp3) is 0.714. The molecule has 1 aliphatic heterocycles. The topological polar surface area (TPSA) is 94.5 Å². The summed E-state index contributed by atoms with van der Waals surface area (Å²) < 4.78 is 15.4. The van der Waals surface area contributed by atoms with Crippen LogP contribution in [0.15, 0.2) is 0 Å². The number of aliphatic hydroxyl groups excluding tert-OH is 1. The van der Waals surface area contributed by atoms with Gasteiger partial charge >= 0.3 is 5.97 Å².